The van der Waals surface area contributed by atoms with Gasteiger partial charge >= 0.3 is 0 Å². The number of rotatable bonds is 10. The van der Waals surface area contributed by atoms with Gasteiger partial charge < -0.3 is 9.47 Å². The lowest BCUT2D eigenvalue weighted by molar-refractivity contribution is 0.0999. The number of hydrogen-bond donors (Lipinski definition) is 1. The fraction of sp³-hybridized carbons (Fsp3) is 0.333. The molecule has 190 valence electrons. The molecule has 36 heavy (non-hydrogen) atoms. The number of benzene rings is 2. The lowest BCUT2D eigenvalue weighted by Gasteiger charge is -2.25. The van der Waals surface area contributed by atoms with E-state index in [0.717, 1.165) is 25.7 Å². The van der Waals surface area contributed by atoms with Gasteiger partial charge in [0.2, 0.25) is 10.0 Å². The predicted octanol–water partition coefficient (Wildman–Crippen LogP) is 5.54. The predicted molar refractivity (Wildman–Crippen MR) is 141 cm³/mol. The Morgan fingerprint density at radius 1 is 1.06 bits per heavy atom. The van der Waals surface area contributed by atoms with Crippen molar-refractivity contribution in [2.24, 2.45) is 0 Å². The zero-order chi connectivity index (χ0) is 25.5. The minimum atomic E-state index is -3.42. The molecule has 1 saturated carbocycles. The third-order valence-corrected chi connectivity index (χ3v) is 7.48. The fourth-order valence-electron chi connectivity index (χ4n) is 4.26. The van der Waals surface area contributed by atoms with Crippen LogP contribution in [0.25, 0.3) is 0 Å². The van der Waals surface area contributed by atoms with Gasteiger partial charge in [-0.15, -0.1) is 0 Å². The molecule has 3 aromatic rings. The molecule has 9 heteroatoms. The second-order valence-electron chi connectivity index (χ2n) is 8.71. The lowest BCUT2D eigenvalue weighted by Crippen LogP contribution is -2.26. The first-order chi connectivity index (χ1) is 17.4. The van der Waals surface area contributed by atoms with Crippen molar-refractivity contribution in [2.45, 2.75) is 45.1 Å². The second-order valence-corrected chi connectivity index (χ2v) is 10.6. The molecule has 0 spiro atoms. The van der Waals surface area contributed by atoms with E-state index in [4.69, 9.17) is 9.47 Å². The van der Waals surface area contributed by atoms with Crippen molar-refractivity contribution in [1.82, 2.24) is 4.98 Å². The van der Waals surface area contributed by atoms with Crippen molar-refractivity contribution in [3.8, 4) is 11.5 Å². The van der Waals surface area contributed by atoms with E-state index in [1.54, 1.807) is 66.7 Å². The molecule has 1 N–H and O–H groups in total. The van der Waals surface area contributed by atoms with Crippen LogP contribution in [-0.2, 0) is 10.0 Å². The molecule has 1 amide bonds. The third kappa shape index (κ3) is 6.15. The molecule has 1 fully saturated rings. The van der Waals surface area contributed by atoms with E-state index in [2.05, 4.69) is 9.71 Å². The van der Waals surface area contributed by atoms with Crippen LogP contribution in [0.15, 0.2) is 67.0 Å². The molecular weight excluding hydrogens is 478 g/mol. The van der Waals surface area contributed by atoms with E-state index in [1.807, 2.05) is 13.0 Å². The number of nitrogens with zero attached hydrogens (tertiary/aromatic N) is 2. The molecule has 2 aromatic carbocycles. The summed E-state index contributed by atoms with van der Waals surface area (Å²) < 4.78 is 38.7. The van der Waals surface area contributed by atoms with Crippen LogP contribution in [-0.4, -0.2) is 38.3 Å². The first-order valence-corrected chi connectivity index (χ1v) is 13.7. The monoisotopic (exact) mass is 509 g/mol. The first-order valence-electron chi connectivity index (χ1n) is 12.1. The number of anilines is 3. The molecular formula is C27H31N3O5S. The summed E-state index contributed by atoms with van der Waals surface area (Å²) in [5, 5.41) is 0. The number of carbonyl (C=O) groups excluding carboxylic acids is 1. The standard InChI is InChI=1S/C27H31N3O5S/c1-3-17-36(32,33)29-21-10-12-22(13-11-21)30(27(31)20-7-6-16-28-19-20)23-14-15-25(34-2)26(18-23)35-24-8-4-5-9-24/h6-7,10-16,18-19,24,29H,3-5,8-9,17H2,1-2H3. The SMILES string of the molecule is CCCS(=O)(=O)Nc1ccc(N(C(=O)c2cccnc2)c2ccc(OC)c(OC3CCCC3)c2)cc1. The van der Waals surface area contributed by atoms with Crippen LogP contribution in [0.2, 0.25) is 0 Å². The second kappa shape index (κ2) is 11.4. The topological polar surface area (TPSA) is 97.8 Å². The zero-order valence-electron chi connectivity index (χ0n) is 20.5. The van der Waals surface area contributed by atoms with E-state index >= 15 is 0 Å². The average molecular weight is 510 g/mol. The molecule has 1 aliphatic carbocycles. The normalized spacial score (nSPS) is 13.8. The largest absolute Gasteiger partial charge is 0.493 e. The summed E-state index contributed by atoms with van der Waals surface area (Å²) in [7, 11) is -1.83. The Labute approximate surface area is 212 Å². The van der Waals surface area contributed by atoms with E-state index in [1.165, 1.54) is 6.20 Å². The minimum absolute atomic E-state index is 0.0377. The van der Waals surface area contributed by atoms with Crippen LogP contribution in [0, 0.1) is 0 Å². The highest BCUT2D eigenvalue weighted by molar-refractivity contribution is 7.92. The Morgan fingerprint density at radius 2 is 1.78 bits per heavy atom. The maximum atomic E-state index is 13.7. The van der Waals surface area contributed by atoms with Gasteiger partial charge in [-0.05, 0) is 80.6 Å². The summed E-state index contributed by atoms with van der Waals surface area (Å²) in [5.74, 6) is 0.935. The van der Waals surface area contributed by atoms with E-state index in [0.29, 0.717) is 40.5 Å². The van der Waals surface area contributed by atoms with Crippen LogP contribution in [0.4, 0.5) is 17.1 Å². The lowest BCUT2D eigenvalue weighted by atomic mass is 10.1. The molecule has 0 aliphatic heterocycles. The molecule has 0 atom stereocenters. The van der Waals surface area contributed by atoms with Gasteiger partial charge in [0.05, 0.1) is 30.2 Å². The number of methoxy groups -OCH3 is 1. The van der Waals surface area contributed by atoms with Crippen molar-refractivity contribution in [3.63, 3.8) is 0 Å². The van der Waals surface area contributed by atoms with Gasteiger partial charge in [-0.1, -0.05) is 6.92 Å². The molecule has 1 aliphatic rings. The number of nitrogens with one attached hydrogen (secondary N) is 1. The molecule has 0 saturated heterocycles. The summed E-state index contributed by atoms with van der Waals surface area (Å²) >= 11 is 0. The Kier molecular flexibility index (Phi) is 8.10. The first kappa shape index (κ1) is 25.5. The summed E-state index contributed by atoms with van der Waals surface area (Å²) in [6, 6.07) is 15.5. The number of sulfonamides is 1. The molecule has 0 bridgehead atoms. The van der Waals surface area contributed by atoms with Gasteiger partial charge in [0.25, 0.3) is 5.91 Å². The van der Waals surface area contributed by atoms with Crippen LogP contribution in [0.5, 0.6) is 11.5 Å². The number of ether oxygens (including phenoxy) is 2. The van der Waals surface area contributed by atoms with Crippen LogP contribution in [0.1, 0.15) is 49.4 Å². The van der Waals surface area contributed by atoms with Crippen LogP contribution in [0.3, 0.4) is 0 Å². The third-order valence-electron chi connectivity index (χ3n) is 5.98. The summed E-state index contributed by atoms with van der Waals surface area (Å²) in [5.41, 5.74) is 2.01. The van der Waals surface area contributed by atoms with Gasteiger partial charge in [0, 0.05) is 29.8 Å². The molecule has 4 rings (SSSR count). The van der Waals surface area contributed by atoms with Gasteiger partial charge in [-0.2, -0.15) is 0 Å². The molecule has 1 heterocycles. The van der Waals surface area contributed by atoms with E-state index < -0.39 is 10.0 Å². The van der Waals surface area contributed by atoms with Gasteiger partial charge in [-0.3, -0.25) is 19.4 Å². The maximum absolute atomic E-state index is 13.7. The smallest absolute Gasteiger partial charge is 0.264 e. The highest BCUT2D eigenvalue weighted by Crippen LogP contribution is 2.38. The van der Waals surface area contributed by atoms with Crippen LogP contribution < -0.4 is 19.1 Å². The molecule has 1 aromatic heterocycles. The molecule has 0 radical (unpaired) electrons. The number of pyridine rings is 1. The van der Waals surface area contributed by atoms with E-state index in [9.17, 15) is 13.2 Å². The van der Waals surface area contributed by atoms with Gasteiger partial charge in [0.1, 0.15) is 0 Å². The molecule has 8 nitrogen and oxygen atoms in total. The Bertz CT molecular complexity index is 1270. The Balaban J connectivity index is 1.71. The van der Waals surface area contributed by atoms with Crippen molar-refractivity contribution >= 4 is 33.0 Å². The quantitative estimate of drug-likeness (QED) is 0.385. The number of amides is 1. The average Bonchev–Trinajstić information content (AvgIpc) is 3.39. The van der Waals surface area contributed by atoms with Crippen LogP contribution >= 0.6 is 0 Å². The highest BCUT2D eigenvalue weighted by atomic mass is 32.2. The van der Waals surface area contributed by atoms with Gasteiger partial charge in [0.15, 0.2) is 11.5 Å². The fourth-order valence-corrected chi connectivity index (χ4v) is 5.40. The van der Waals surface area contributed by atoms with E-state index in [-0.39, 0.29) is 17.8 Å². The summed E-state index contributed by atoms with van der Waals surface area (Å²) in [4.78, 5) is 19.3. The number of aromatic nitrogens is 1. The Morgan fingerprint density at radius 3 is 2.42 bits per heavy atom. The Hall–Kier alpha value is -3.59. The maximum Gasteiger partial charge on any atom is 0.264 e. The van der Waals surface area contributed by atoms with Gasteiger partial charge in [-0.25, -0.2) is 8.42 Å². The van der Waals surface area contributed by atoms with Crippen molar-refractivity contribution in [1.29, 1.82) is 0 Å². The molecule has 0 unspecified atom stereocenters. The summed E-state index contributed by atoms with van der Waals surface area (Å²) in [6.45, 7) is 1.81. The van der Waals surface area contributed by atoms with Crippen molar-refractivity contribution in [3.05, 3.63) is 72.6 Å². The minimum Gasteiger partial charge on any atom is -0.493 e. The summed E-state index contributed by atoms with van der Waals surface area (Å²) in [6.07, 6.45) is 8.00. The number of carbonyl (C=O) groups is 1. The number of hydrogen-bond acceptors (Lipinski definition) is 6. The zero-order valence-corrected chi connectivity index (χ0v) is 21.3. The van der Waals surface area contributed by atoms with Crippen molar-refractivity contribution in [2.75, 3.05) is 22.5 Å². The van der Waals surface area contributed by atoms with Crippen molar-refractivity contribution < 1.29 is 22.7 Å². The highest BCUT2D eigenvalue weighted by Gasteiger charge is 2.24.